The summed E-state index contributed by atoms with van der Waals surface area (Å²) in [5.74, 6) is 0.668. The van der Waals surface area contributed by atoms with Gasteiger partial charge >= 0.3 is 0 Å². The fraction of sp³-hybridized carbons (Fsp3) is 0.214. The Morgan fingerprint density at radius 2 is 2.20 bits per heavy atom. The molecule has 1 aromatic heterocycles. The van der Waals surface area contributed by atoms with Crippen molar-refractivity contribution in [1.82, 2.24) is 0 Å². The Bertz CT molecular complexity index is 627. The van der Waals surface area contributed by atoms with Gasteiger partial charge in [0.05, 0.1) is 22.9 Å². The SMILES string of the molecule is Cc1occc1SC(C)C(=O)Nc1cc(Cl)ccc1N. The van der Waals surface area contributed by atoms with E-state index in [9.17, 15) is 4.79 Å². The summed E-state index contributed by atoms with van der Waals surface area (Å²) in [7, 11) is 0. The second-order valence-electron chi connectivity index (χ2n) is 4.32. The number of carbonyl (C=O) groups excluding carboxylic acids is 1. The van der Waals surface area contributed by atoms with E-state index in [0.29, 0.717) is 16.4 Å². The van der Waals surface area contributed by atoms with Gasteiger partial charge in [-0.05, 0) is 38.1 Å². The third kappa shape index (κ3) is 3.49. The molecule has 4 nitrogen and oxygen atoms in total. The number of nitrogen functional groups attached to an aromatic ring is 1. The maximum absolute atomic E-state index is 12.2. The zero-order valence-electron chi connectivity index (χ0n) is 11.1. The molecule has 0 bridgehead atoms. The molecule has 1 heterocycles. The fourth-order valence-corrected chi connectivity index (χ4v) is 2.68. The van der Waals surface area contributed by atoms with Gasteiger partial charge in [0.2, 0.25) is 5.91 Å². The van der Waals surface area contributed by atoms with Crippen LogP contribution in [0, 0.1) is 6.92 Å². The number of furan rings is 1. The molecule has 0 aliphatic rings. The molecule has 1 unspecified atom stereocenters. The lowest BCUT2D eigenvalue weighted by Crippen LogP contribution is -2.22. The number of amides is 1. The third-order valence-electron chi connectivity index (χ3n) is 2.76. The van der Waals surface area contributed by atoms with E-state index < -0.39 is 0 Å². The molecular weight excluding hydrogens is 296 g/mol. The molecule has 6 heteroatoms. The molecule has 2 aromatic rings. The van der Waals surface area contributed by atoms with Gasteiger partial charge in [-0.2, -0.15) is 0 Å². The number of benzene rings is 1. The van der Waals surface area contributed by atoms with Crippen LogP contribution in [0.4, 0.5) is 11.4 Å². The molecule has 0 fully saturated rings. The van der Waals surface area contributed by atoms with Crippen molar-refractivity contribution in [1.29, 1.82) is 0 Å². The average molecular weight is 311 g/mol. The summed E-state index contributed by atoms with van der Waals surface area (Å²) in [5.41, 5.74) is 6.82. The van der Waals surface area contributed by atoms with E-state index in [1.807, 2.05) is 19.9 Å². The Kier molecular flexibility index (Phi) is 4.62. The first kappa shape index (κ1) is 14.8. The number of anilines is 2. The van der Waals surface area contributed by atoms with E-state index in [1.165, 1.54) is 11.8 Å². The molecule has 0 spiro atoms. The van der Waals surface area contributed by atoms with E-state index in [2.05, 4.69) is 5.32 Å². The lowest BCUT2D eigenvalue weighted by molar-refractivity contribution is -0.115. The molecule has 0 saturated heterocycles. The maximum Gasteiger partial charge on any atom is 0.237 e. The molecular formula is C14H15ClN2O2S. The van der Waals surface area contributed by atoms with Crippen LogP contribution in [-0.4, -0.2) is 11.2 Å². The van der Waals surface area contributed by atoms with E-state index in [0.717, 1.165) is 10.7 Å². The van der Waals surface area contributed by atoms with Gasteiger partial charge in [-0.25, -0.2) is 0 Å². The minimum atomic E-state index is -0.273. The number of halogens is 1. The number of rotatable bonds is 4. The molecule has 1 atom stereocenters. The van der Waals surface area contributed by atoms with E-state index in [1.54, 1.807) is 24.5 Å². The predicted molar refractivity (Wildman–Crippen MR) is 83.3 cm³/mol. The largest absolute Gasteiger partial charge is 0.468 e. The van der Waals surface area contributed by atoms with Crippen molar-refractivity contribution in [3.8, 4) is 0 Å². The number of aryl methyl sites for hydroxylation is 1. The second kappa shape index (κ2) is 6.24. The number of hydrogen-bond donors (Lipinski definition) is 2. The van der Waals surface area contributed by atoms with Crippen LogP contribution < -0.4 is 11.1 Å². The minimum absolute atomic E-state index is 0.135. The van der Waals surface area contributed by atoms with Gasteiger partial charge in [-0.1, -0.05) is 11.6 Å². The molecule has 3 N–H and O–H groups in total. The van der Waals surface area contributed by atoms with Gasteiger partial charge in [0.15, 0.2) is 0 Å². The Balaban J connectivity index is 2.04. The van der Waals surface area contributed by atoms with Crippen LogP contribution in [0.3, 0.4) is 0 Å². The van der Waals surface area contributed by atoms with Crippen LogP contribution in [0.5, 0.6) is 0 Å². The fourth-order valence-electron chi connectivity index (χ4n) is 1.61. The van der Waals surface area contributed by atoms with Gasteiger partial charge in [0, 0.05) is 9.92 Å². The normalized spacial score (nSPS) is 12.2. The maximum atomic E-state index is 12.2. The van der Waals surface area contributed by atoms with Crippen molar-refractivity contribution in [2.45, 2.75) is 24.0 Å². The molecule has 0 aliphatic heterocycles. The van der Waals surface area contributed by atoms with Crippen LogP contribution >= 0.6 is 23.4 Å². The van der Waals surface area contributed by atoms with E-state index in [-0.39, 0.29) is 11.2 Å². The third-order valence-corrected chi connectivity index (χ3v) is 4.24. The second-order valence-corrected chi connectivity index (χ2v) is 6.14. The van der Waals surface area contributed by atoms with Crippen molar-refractivity contribution in [3.05, 3.63) is 41.3 Å². The number of carbonyl (C=O) groups is 1. The highest BCUT2D eigenvalue weighted by molar-refractivity contribution is 8.00. The van der Waals surface area contributed by atoms with Crippen LogP contribution in [0.2, 0.25) is 5.02 Å². The molecule has 0 saturated carbocycles. The highest BCUT2D eigenvalue weighted by atomic mass is 35.5. The minimum Gasteiger partial charge on any atom is -0.468 e. The van der Waals surface area contributed by atoms with Gasteiger partial charge in [0.1, 0.15) is 5.76 Å². The lowest BCUT2D eigenvalue weighted by atomic mass is 10.2. The zero-order chi connectivity index (χ0) is 14.7. The Hall–Kier alpha value is -1.59. The van der Waals surface area contributed by atoms with Gasteiger partial charge < -0.3 is 15.5 Å². The highest BCUT2D eigenvalue weighted by Crippen LogP contribution is 2.29. The number of nitrogens with two attached hydrogens (primary N) is 1. The lowest BCUT2D eigenvalue weighted by Gasteiger charge is -2.13. The number of hydrogen-bond acceptors (Lipinski definition) is 4. The molecule has 20 heavy (non-hydrogen) atoms. The van der Waals surface area contributed by atoms with E-state index >= 15 is 0 Å². The Morgan fingerprint density at radius 1 is 1.45 bits per heavy atom. The first-order valence-corrected chi connectivity index (χ1v) is 7.30. The summed E-state index contributed by atoms with van der Waals surface area (Å²) >= 11 is 7.33. The van der Waals surface area contributed by atoms with Crippen molar-refractivity contribution >= 4 is 40.6 Å². The van der Waals surface area contributed by atoms with Crippen molar-refractivity contribution in [3.63, 3.8) is 0 Å². The van der Waals surface area contributed by atoms with Crippen LogP contribution in [0.1, 0.15) is 12.7 Å². The number of nitrogens with one attached hydrogen (secondary N) is 1. The summed E-state index contributed by atoms with van der Waals surface area (Å²) < 4.78 is 5.21. The van der Waals surface area contributed by atoms with Crippen molar-refractivity contribution in [2.75, 3.05) is 11.1 Å². The topological polar surface area (TPSA) is 68.3 Å². The zero-order valence-corrected chi connectivity index (χ0v) is 12.7. The van der Waals surface area contributed by atoms with E-state index in [4.69, 9.17) is 21.8 Å². The first-order chi connectivity index (χ1) is 9.47. The monoisotopic (exact) mass is 310 g/mol. The van der Waals surface area contributed by atoms with Crippen molar-refractivity contribution in [2.24, 2.45) is 0 Å². The number of thioether (sulfide) groups is 1. The standard InChI is InChI=1S/C14H15ClN2O2S/c1-8-13(5-6-19-8)20-9(2)14(18)17-12-7-10(15)3-4-11(12)16/h3-7,9H,16H2,1-2H3,(H,17,18). The van der Waals surface area contributed by atoms with Gasteiger partial charge in [0.25, 0.3) is 0 Å². The summed E-state index contributed by atoms with van der Waals surface area (Å²) in [4.78, 5) is 13.1. The molecule has 0 aliphatic carbocycles. The average Bonchev–Trinajstić information content (AvgIpc) is 2.79. The smallest absolute Gasteiger partial charge is 0.237 e. The predicted octanol–water partition coefficient (Wildman–Crippen LogP) is 3.94. The quantitative estimate of drug-likeness (QED) is 0.663. The van der Waals surface area contributed by atoms with Crippen LogP contribution in [0.15, 0.2) is 39.8 Å². The van der Waals surface area contributed by atoms with Crippen molar-refractivity contribution < 1.29 is 9.21 Å². The summed E-state index contributed by atoms with van der Waals surface area (Å²) in [6.45, 7) is 3.69. The molecule has 106 valence electrons. The van der Waals surface area contributed by atoms with Gasteiger partial charge in [-0.3, -0.25) is 4.79 Å². The first-order valence-electron chi connectivity index (χ1n) is 6.04. The molecule has 1 aromatic carbocycles. The summed E-state index contributed by atoms with van der Waals surface area (Å²) in [6, 6.07) is 6.82. The molecule has 2 rings (SSSR count). The summed E-state index contributed by atoms with van der Waals surface area (Å²) in [5, 5.41) is 3.04. The van der Waals surface area contributed by atoms with Crippen LogP contribution in [0.25, 0.3) is 0 Å². The highest BCUT2D eigenvalue weighted by Gasteiger charge is 2.17. The van der Waals surface area contributed by atoms with Crippen LogP contribution in [-0.2, 0) is 4.79 Å². The molecule has 1 amide bonds. The summed E-state index contributed by atoms with van der Waals surface area (Å²) in [6.07, 6.45) is 1.61. The Morgan fingerprint density at radius 3 is 2.85 bits per heavy atom. The van der Waals surface area contributed by atoms with Gasteiger partial charge in [-0.15, -0.1) is 11.8 Å². The molecule has 0 radical (unpaired) electrons. The Labute approximate surface area is 126 Å².